The van der Waals surface area contributed by atoms with Crippen LogP contribution in [0, 0.1) is 0 Å². The number of likely N-dealkylation sites (tertiary alicyclic amines) is 1. The van der Waals surface area contributed by atoms with Crippen LogP contribution < -0.4 is 0 Å². The van der Waals surface area contributed by atoms with Crippen LogP contribution in [0.2, 0.25) is 10.0 Å². The number of carbonyl (C=O) groups is 2. The molecule has 1 saturated heterocycles. The van der Waals surface area contributed by atoms with Gasteiger partial charge >= 0.3 is 12.1 Å². The van der Waals surface area contributed by atoms with E-state index in [0.717, 1.165) is 4.90 Å². The van der Waals surface area contributed by atoms with Crippen molar-refractivity contribution in [3.63, 3.8) is 0 Å². The first-order chi connectivity index (χ1) is 12.4. The van der Waals surface area contributed by atoms with E-state index in [2.05, 4.69) is 0 Å². The number of esters is 1. The fourth-order valence-corrected chi connectivity index (χ4v) is 5.25. The zero-order valence-electron chi connectivity index (χ0n) is 15.4. The molecule has 0 bridgehead atoms. The third-order valence-corrected chi connectivity index (χ3v) is 7.13. The number of hydrogen-bond acceptors (Lipinski definition) is 6. The van der Waals surface area contributed by atoms with Gasteiger partial charge in [-0.1, -0.05) is 29.3 Å². The van der Waals surface area contributed by atoms with Crippen LogP contribution in [-0.4, -0.2) is 55.9 Å². The Morgan fingerprint density at radius 1 is 1.22 bits per heavy atom. The van der Waals surface area contributed by atoms with E-state index >= 15 is 0 Å². The molecule has 0 unspecified atom stereocenters. The summed E-state index contributed by atoms with van der Waals surface area (Å²) < 4.78 is 36.1. The number of methoxy groups -OCH3 is 1. The Morgan fingerprint density at radius 3 is 2.41 bits per heavy atom. The molecule has 1 aromatic carbocycles. The highest BCUT2D eigenvalue weighted by Gasteiger charge is 2.47. The van der Waals surface area contributed by atoms with E-state index < -0.39 is 38.8 Å². The van der Waals surface area contributed by atoms with Gasteiger partial charge in [0.25, 0.3) is 0 Å². The summed E-state index contributed by atoms with van der Waals surface area (Å²) in [4.78, 5) is 25.5. The van der Waals surface area contributed by atoms with Gasteiger partial charge in [0, 0.05) is 6.54 Å². The first-order valence-corrected chi connectivity index (χ1v) is 10.4. The summed E-state index contributed by atoms with van der Waals surface area (Å²) in [6.45, 7) is 4.80. The number of carbonyl (C=O) groups excluding carboxylic acids is 2. The van der Waals surface area contributed by atoms with E-state index in [1.807, 2.05) is 0 Å². The largest absolute Gasteiger partial charge is 0.467 e. The predicted octanol–water partition coefficient (Wildman–Crippen LogP) is 3.32. The van der Waals surface area contributed by atoms with Crippen molar-refractivity contribution in [1.29, 1.82) is 0 Å². The molecule has 0 radical (unpaired) electrons. The van der Waals surface area contributed by atoms with Gasteiger partial charge in [0.15, 0.2) is 9.84 Å². The SMILES string of the molecule is COC(=O)[C@@H]1C[C@@H](S(=O)(=O)c2cccc(Cl)c2Cl)CN1C(=O)OC(C)(C)C. The normalized spacial score (nSPS) is 20.4. The smallest absolute Gasteiger partial charge is 0.411 e. The number of sulfone groups is 1. The van der Waals surface area contributed by atoms with Crippen molar-refractivity contribution in [1.82, 2.24) is 4.90 Å². The van der Waals surface area contributed by atoms with Crippen molar-refractivity contribution in [3.8, 4) is 0 Å². The second kappa shape index (κ2) is 7.85. The first kappa shape index (κ1) is 21.8. The number of hydrogen-bond donors (Lipinski definition) is 0. The lowest BCUT2D eigenvalue weighted by atomic mass is 10.2. The maximum absolute atomic E-state index is 13.0. The highest BCUT2D eigenvalue weighted by molar-refractivity contribution is 7.92. The van der Waals surface area contributed by atoms with Crippen molar-refractivity contribution in [3.05, 3.63) is 28.2 Å². The monoisotopic (exact) mass is 437 g/mol. The third-order valence-electron chi connectivity index (χ3n) is 4.03. The predicted molar refractivity (Wildman–Crippen MR) is 101 cm³/mol. The van der Waals surface area contributed by atoms with E-state index in [0.29, 0.717) is 0 Å². The number of rotatable bonds is 3. The molecule has 0 N–H and O–H groups in total. The molecule has 7 nitrogen and oxygen atoms in total. The fourth-order valence-electron chi connectivity index (χ4n) is 2.79. The van der Waals surface area contributed by atoms with E-state index in [1.165, 1.54) is 25.3 Å². The van der Waals surface area contributed by atoms with Crippen LogP contribution in [-0.2, 0) is 24.1 Å². The maximum atomic E-state index is 13.0. The lowest BCUT2D eigenvalue weighted by Crippen LogP contribution is -2.44. The Kier molecular flexibility index (Phi) is 6.33. The van der Waals surface area contributed by atoms with Crippen molar-refractivity contribution in [2.24, 2.45) is 0 Å². The van der Waals surface area contributed by atoms with Crippen molar-refractivity contribution >= 4 is 45.1 Å². The molecular weight excluding hydrogens is 417 g/mol. The molecule has 1 amide bonds. The summed E-state index contributed by atoms with van der Waals surface area (Å²) in [5.41, 5.74) is -0.801. The Bertz CT molecular complexity index is 849. The Hall–Kier alpha value is -1.51. The van der Waals surface area contributed by atoms with Crippen LogP contribution in [0.3, 0.4) is 0 Å². The molecular formula is C17H21Cl2NO6S. The van der Waals surface area contributed by atoms with Gasteiger partial charge in [0.2, 0.25) is 0 Å². The number of amides is 1. The van der Waals surface area contributed by atoms with Crippen LogP contribution in [0.25, 0.3) is 0 Å². The zero-order chi connectivity index (χ0) is 20.6. The molecule has 10 heteroatoms. The lowest BCUT2D eigenvalue weighted by molar-refractivity contribution is -0.145. The minimum Gasteiger partial charge on any atom is -0.467 e. The van der Waals surface area contributed by atoms with Gasteiger partial charge in [-0.25, -0.2) is 18.0 Å². The summed E-state index contributed by atoms with van der Waals surface area (Å²) in [7, 11) is -2.78. The molecule has 1 aliphatic rings. The average Bonchev–Trinajstić information content (AvgIpc) is 3.01. The van der Waals surface area contributed by atoms with E-state index in [-0.39, 0.29) is 27.9 Å². The molecule has 2 atom stereocenters. The lowest BCUT2D eigenvalue weighted by Gasteiger charge is -2.27. The molecule has 2 rings (SSSR count). The van der Waals surface area contributed by atoms with Gasteiger partial charge in [-0.15, -0.1) is 0 Å². The Balaban J connectivity index is 2.38. The van der Waals surface area contributed by atoms with Crippen molar-refractivity contribution in [2.75, 3.05) is 13.7 Å². The molecule has 1 aromatic rings. The van der Waals surface area contributed by atoms with Crippen LogP contribution >= 0.6 is 23.2 Å². The number of nitrogens with zero attached hydrogens (tertiary/aromatic N) is 1. The minimum atomic E-state index is -3.95. The van der Waals surface area contributed by atoms with E-state index in [9.17, 15) is 18.0 Å². The third kappa shape index (κ3) is 4.67. The summed E-state index contributed by atoms with van der Waals surface area (Å²) in [5.74, 6) is -0.712. The van der Waals surface area contributed by atoms with Crippen molar-refractivity contribution < 1.29 is 27.5 Å². The second-order valence-corrected chi connectivity index (χ2v) is 10.1. The van der Waals surface area contributed by atoms with Gasteiger partial charge in [0.05, 0.1) is 27.3 Å². The molecule has 0 spiro atoms. The summed E-state index contributed by atoms with van der Waals surface area (Å²) >= 11 is 12.0. The van der Waals surface area contributed by atoms with E-state index in [4.69, 9.17) is 32.7 Å². The number of halogens is 2. The van der Waals surface area contributed by atoms with Gasteiger partial charge in [0.1, 0.15) is 11.6 Å². The molecule has 150 valence electrons. The van der Waals surface area contributed by atoms with Gasteiger partial charge < -0.3 is 9.47 Å². The molecule has 1 heterocycles. The molecule has 1 aliphatic heterocycles. The highest BCUT2D eigenvalue weighted by atomic mass is 35.5. The summed E-state index contributed by atoms with van der Waals surface area (Å²) in [5, 5.41) is -1.04. The van der Waals surface area contributed by atoms with Gasteiger partial charge in [-0.2, -0.15) is 0 Å². The fraction of sp³-hybridized carbons (Fsp3) is 0.529. The topological polar surface area (TPSA) is 90.0 Å². The van der Waals surface area contributed by atoms with Crippen molar-refractivity contribution in [2.45, 2.75) is 49.0 Å². The first-order valence-electron chi connectivity index (χ1n) is 8.14. The molecule has 0 aromatic heterocycles. The molecule has 0 aliphatic carbocycles. The second-order valence-electron chi connectivity index (χ2n) is 7.13. The van der Waals surface area contributed by atoms with Gasteiger partial charge in [-0.3, -0.25) is 4.90 Å². The standard InChI is InChI=1S/C17H21Cl2NO6S/c1-17(2,3)26-16(22)20-9-10(8-12(20)15(21)25-4)27(23,24)13-7-5-6-11(18)14(13)19/h5-7,10,12H,8-9H2,1-4H3/t10-,12+/m1/s1. The quantitative estimate of drug-likeness (QED) is 0.673. The average molecular weight is 438 g/mol. The highest BCUT2D eigenvalue weighted by Crippen LogP contribution is 2.35. The van der Waals surface area contributed by atoms with Crippen LogP contribution in [0.5, 0.6) is 0 Å². The number of ether oxygens (including phenoxy) is 2. The Morgan fingerprint density at radius 2 is 1.85 bits per heavy atom. The maximum Gasteiger partial charge on any atom is 0.411 e. The summed E-state index contributed by atoms with van der Waals surface area (Å²) in [6.07, 6.45) is -0.912. The molecule has 27 heavy (non-hydrogen) atoms. The summed E-state index contributed by atoms with van der Waals surface area (Å²) in [6, 6.07) is 3.22. The zero-order valence-corrected chi connectivity index (χ0v) is 17.7. The van der Waals surface area contributed by atoms with Crippen LogP contribution in [0.4, 0.5) is 4.79 Å². The Labute approximate surface area is 168 Å². The van der Waals surface area contributed by atoms with Gasteiger partial charge in [-0.05, 0) is 39.3 Å². The van der Waals surface area contributed by atoms with Crippen LogP contribution in [0.1, 0.15) is 27.2 Å². The molecule has 0 saturated carbocycles. The number of benzene rings is 1. The van der Waals surface area contributed by atoms with E-state index in [1.54, 1.807) is 20.8 Å². The minimum absolute atomic E-state index is 0.0931. The van der Waals surface area contributed by atoms with Crippen LogP contribution in [0.15, 0.2) is 23.1 Å². The molecule has 1 fully saturated rings.